The first-order valence-electron chi connectivity index (χ1n) is 31.9. The second-order valence-electron chi connectivity index (χ2n) is 20.9. The zero-order valence-electron chi connectivity index (χ0n) is 49.7. The van der Waals surface area contributed by atoms with E-state index in [-0.39, 0.29) is 31.1 Å². The summed E-state index contributed by atoms with van der Waals surface area (Å²) in [4.78, 5) is 38.3. The number of hydrogen-bond donors (Lipinski definition) is 0. The highest BCUT2D eigenvalue weighted by Crippen LogP contribution is 2.16. The van der Waals surface area contributed by atoms with Gasteiger partial charge >= 0.3 is 17.9 Å². The molecule has 0 fully saturated rings. The quantitative estimate of drug-likeness (QED) is 0.0261. The molecule has 0 rings (SSSR count). The molecule has 0 aromatic rings. The van der Waals surface area contributed by atoms with Crippen LogP contribution in [0.2, 0.25) is 0 Å². The number of unbranched alkanes of at least 4 members (excludes halogenated alkanes) is 28. The summed E-state index contributed by atoms with van der Waals surface area (Å²) >= 11 is 0. The van der Waals surface area contributed by atoms with Crippen LogP contribution in [0, 0.1) is 0 Å². The van der Waals surface area contributed by atoms with Crippen molar-refractivity contribution >= 4 is 17.9 Å². The monoisotopic (exact) mass is 1050 g/mol. The first-order valence-corrected chi connectivity index (χ1v) is 31.9. The van der Waals surface area contributed by atoms with Crippen molar-refractivity contribution in [2.24, 2.45) is 0 Å². The molecule has 1 atom stereocenters. The Morgan fingerprint density at radius 2 is 0.513 bits per heavy atom. The van der Waals surface area contributed by atoms with Gasteiger partial charge in [-0.15, -0.1) is 0 Å². The summed E-state index contributed by atoms with van der Waals surface area (Å²) in [5, 5.41) is 0. The fourth-order valence-corrected chi connectivity index (χ4v) is 8.75. The molecule has 0 spiro atoms. The van der Waals surface area contributed by atoms with E-state index in [0.717, 1.165) is 122 Å². The number of hydrogen-bond acceptors (Lipinski definition) is 6. The number of ether oxygens (including phenoxy) is 3. The lowest BCUT2D eigenvalue weighted by Crippen LogP contribution is -2.30. The maximum atomic E-state index is 12.9. The van der Waals surface area contributed by atoms with Gasteiger partial charge in [0.05, 0.1) is 0 Å². The van der Waals surface area contributed by atoms with Crippen LogP contribution in [-0.4, -0.2) is 37.2 Å². The molecule has 0 saturated heterocycles. The number of esters is 3. The molecule has 0 radical (unpaired) electrons. The Kier molecular flexibility index (Phi) is 60.3. The number of allylic oxidation sites excluding steroid dienone is 18. The summed E-state index contributed by atoms with van der Waals surface area (Å²) in [6.07, 6.45) is 86.6. The van der Waals surface area contributed by atoms with Crippen LogP contribution in [-0.2, 0) is 28.6 Å². The van der Waals surface area contributed by atoms with Gasteiger partial charge in [-0.2, -0.15) is 0 Å². The lowest BCUT2D eigenvalue weighted by molar-refractivity contribution is -0.167. The first kappa shape index (κ1) is 72.1. The molecule has 1 unspecified atom stereocenters. The van der Waals surface area contributed by atoms with Crippen LogP contribution in [0.3, 0.4) is 0 Å². The summed E-state index contributed by atoms with van der Waals surface area (Å²) in [6, 6.07) is 0. The van der Waals surface area contributed by atoms with E-state index in [0.29, 0.717) is 19.3 Å². The third-order valence-corrected chi connectivity index (χ3v) is 13.5. The first-order chi connectivity index (χ1) is 37.5. The summed E-state index contributed by atoms with van der Waals surface area (Å²) in [5.74, 6) is -0.939. The number of carbonyl (C=O) groups is 3. The maximum absolute atomic E-state index is 12.9. The van der Waals surface area contributed by atoms with E-state index in [2.05, 4.69) is 130 Å². The smallest absolute Gasteiger partial charge is 0.306 e. The fourth-order valence-electron chi connectivity index (χ4n) is 8.75. The predicted octanol–water partition coefficient (Wildman–Crippen LogP) is 21.8. The van der Waals surface area contributed by atoms with Crippen LogP contribution >= 0.6 is 0 Å². The average Bonchev–Trinajstić information content (AvgIpc) is 3.42. The predicted molar refractivity (Wildman–Crippen MR) is 330 cm³/mol. The highest BCUT2D eigenvalue weighted by atomic mass is 16.6. The van der Waals surface area contributed by atoms with Crippen molar-refractivity contribution in [1.82, 2.24) is 0 Å². The summed E-state index contributed by atoms with van der Waals surface area (Å²) in [7, 11) is 0. The van der Waals surface area contributed by atoms with Gasteiger partial charge in [0.2, 0.25) is 0 Å². The third kappa shape index (κ3) is 60.9. The Morgan fingerprint density at radius 3 is 0.842 bits per heavy atom. The minimum atomic E-state index is -0.801. The van der Waals surface area contributed by atoms with Gasteiger partial charge in [-0.3, -0.25) is 14.4 Å². The molecule has 0 saturated carbocycles. The SMILES string of the molecule is CC/C=C\C/C=C\C/C=C\C/C=C\C/C=C\C/C=C\C/C=C\C/C=C\CCCCC(=O)OCC(COC(=O)CCCCCCCCCCCCCCCCC)OC(=O)CCCCCCC/C=C\CCCCCCCCC. The van der Waals surface area contributed by atoms with Gasteiger partial charge in [-0.25, -0.2) is 0 Å². The third-order valence-electron chi connectivity index (χ3n) is 13.5. The molecule has 0 heterocycles. The van der Waals surface area contributed by atoms with Crippen molar-refractivity contribution in [2.75, 3.05) is 13.2 Å². The Balaban J connectivity index is 4.44. The van der Waals surface area contributed by atoms with Crippen LogP contribution in [0.4, 0.5) is 0 Å². The topological polar surface area (TPSA) is 78.9 Å². The van der Waals surface area contributed by atoms with E-state index in [1.54, 1.807) is 0 Å². The molecule has 0 aromatic heterocycles. The Labute approximate surface area is 470 Å². The molecule has 0 aliphatic rings. The van der Waals surface area contributed by atoms with Crippen molar-refractivity contribution in [2.45, 2.75) is 303 Å². The largest absolute Gasteiger partial charge is 0.462 e. The highest BCUT2D eigenvalue weighted by molar-refractivity contribution is 5.71. The van der Waals surface area contributed by atoms with Crippen LogP contribution in [0.25, 0.3) is 0 Å². The van der Waals surface area contributed by atoms with E-state index in [4.69, 9.17) is 14.2 Å². The maximum Gasteiger partial charge on any atom is 0.306 e. The molecule has 76 heavy (non-hydrogen) atoms. The summed E-state index contributed by atoms with van der Waals surface area (Å²) in [5.41, 5.74) is 0. The van der Waals surface area contributed by atoms with E-state index in [1.807, 2.05) is 0 Å². The second-order valence-corrected chi connectivity index (χ2v) is 20.9. The van der Waals surface area contributed by atoms with E-state index in [1.165, 1.54) is 135 Å². The van der Waals surface area contributed by atoms with Gasteiger partial charge in [0.1, 0.15) is 13.2 Å². The Morgan fingerprint density at radius 1 is 0.276 bits per heavy atom. The molecule has 0 bridgehead atoms. The van der Waals surface area contributed by atoms with Gasteiger partial charge in [-0.05, 0) is 109 Å². The van der Waals surface area contributed by atoms with Crippen molar-refractivity contribution in [3.8, 4) is 0 Å². The minimum absolute atomic E-state index is 0.0936. The minimum Gasteiger partial charge on any atom is -0.462 e. The molecule has 434 valence electrons. The zero-order valence-corrected chi connectivity index (χ0v) is 49.7. The van der Waals surface area contributed by atoms with Crippen molar-refractivity contribution in [3.05, 3.63) is 109 Å². The molecule has 0 aromatic carbocycles. The zero-order chi connectivity index (χ0) is 55.0. The molecule has 6 heteroatoms. The van der Waals surface area contributed by atoms with Crippen molar-refractivity contribution in [1.29, 1.82) is 0 Å². The average molecular weight is 1060 g/mol. The van der Waals surface area contributed by atoms with Gasteiger partial charge < -0.3 is 14.2 Å². The molecule has 0 amide bonds. The molecule has 6 nitrogen and oxygen atoms in total. The molecular formula is C70H118O6. The molecule has 0 aliphatic carbocycles. The Bertz CT molecular complexity index is 1540. The summed E-state index contributed by atoms with van der Waals surface area (Å²) in [6.45, 7) is 6.50. The molecule has 0 aliphatic heterocycles. The van der Waals surface area contributed by atoms with E-state index in [9.17, 15) is 14.4 Å². The van der Waals surface area contributed by atoms with Gasteiger partial charge in [0.15, 0.2) is 6.10 Å². The fraction of sp³-hybridized carbons (Fsp3) is 0.700. The van der Waals surface area contributed by atoms with Crippen LogP contribution in [0.15, 0.2) is 109 Å². The van der Waals surface area contributed by atoms with Gasteiger partial charge in [-0.1, -0.05) is 278 Å². The van der Waals surface area contributed by atoms with Crippen LogP contribution < -0.4 is 0 Å². The van der Waals surface area contributed by atoms with Crippen LogP contribution in [0.5, 0.6) is 0 Å². The van der Waals surface area contributed by atoms with Crippen molar-refractivity contribution < 1.29 is 28.6 Å². The van der Waals surface area contributed by atoms with Crippen LogP contribution in [0.1, 0.15) is 297 Å². The van der Waals surface area contributed by atoms with E-state index < -0.39 is 6.10 Å². The van der Waals surface area contributed by atoms with Gasteiger partial charge in [0, 0.05) is 19.3 Å². The van der Waals surface area contributed by atoms with Crippen molar-refractivity contribution in [3.63, 3.8) is 0 Å². The lowest BCUT2D eigenvalue weighted by atomic mass is 10.0. The summed E-state index contributed by atoms with van der Waals surface area (Å²) < 4.78 is 16.9. The van der Waals surface area contributed by atoms with E-state index >= 15 is 0 Å². The second kappa shape index (κ2) is 63.6. The molecular weight excluding hydrogens is 937 g/mol. The lowest BCUT2D eigenvalue weighted by Gasteiger charge is -2.18. The number of carbonyl (C=O) groups excluding carboxylic acids is 3. The van der Waals surface area contributed by atoms with Gasteiger partial charge in [0.25, 0.3) is 0 Å². The highest BCUT2D eigenvalue weighted by Gasteiger charge is 2.19. The normalized spacial score (nSPS) is 12.8. The Hall–Kier alpha value is -3.93. The standard InChI is InChI=1S/C70H118O6/c1-4-7-10-13-16-19-22-25-28-30-31-32-33-34-35-36-37-38-39-40-43-45-48-51-54-57-60-63-69(72)75-66-67(65-74-68(71)62-59-56-53-50-47-44-41-27-24-21-18-15-12-9-6-3)76-70(73)64-61-58-55-52-49-46-42-29-26-23-20-17-14-11-8-5-2/h7,10,16,19,25,28-29,31-32,34-35,37-38,40,42-43,48,51,67H,4-6,8-9,11-15,17-18,20-24,26-27,30,33,36,39,41,44-47,49-50,52-66H2,1-3H3/b10-7-,19-16-,28-25-,32-31-,35-34-,38-37-,42-29-,43-40-,51-48-. The molecule has 0 N–H and O–H groups in total. The number of rotatable bonds is 57.